The first kappa shape index (κ1) is 19.4. The maximum absolute atomic E-state index is 13.8. The van der Waals surface area contributed by atoms with Gasteiger partial charge in [-0.25, -0.2) is 21.9 Å². The lowest BCUT2D eigenvalue weighted by atomic mass is 10.0. The fourth-order valence-electron chi connectivity index (χ4n) is 2.28. The number of nitro groups is 1. The van der Waals surface area contributed by atoms with E-state index in [1.165, 1.54) is 18.2 Å². The lowest BCUT2D eigenvalue weighted by Gasteiger charge is -2.18. The highest BCUT2D eigenvalue weighted by Crippen LogP contribution is 2.29. The zero-order valence-corrected chi connectivity index (χ0v) is 13.7. The third kappa shape index (κ3) is 4.37. The van der Waals surface area contributed by atoms with Crippen LogP contribution in [-0.4, -0.2) is 24.4 Å². The fraction of sp³-hybridized carbons (Fsp3) is 0.133. The van der Waals surface area contributed by atoms with Gasteiger partial charge in [0.25, 0.3) is 5.69 Å². The van der Waals surface area contributed by atoms with Crippen LogP contribution in [0.15, 0.2) is 47.4 Å². The second-order valence-electron chi connectivity index (χ2n) is 5.16. The quantitative estimate of drug-likeness (QED) is 0.556. The van der Waals surface area contributed by atoms with Crippen molar-refractivity contribution in [3.05, 3.63) is 69.8 Å². The van der Waals surface area contributed by atoms with E-state index >= 15 is 0 Å². The average molecular weight is 386 g/mol. The molecule has 0 fully saturated rings. The van der Waals surface area contributed by atoms with E-state index in [1.54, 1.807) is 0 Å². The number of nitrogens with zero attached hydrogens (tertiary/aromatic N) is 1. The predicted molar refractivity (Wildman–Crippen MR) is 84.8 cm³/mol. The minimum Gasteiger partial charge on any atom is -0.481 e. The van der Waals surface area contributed by atoms with Gasteiger partial charge < -0.3 is 5.11 Å². The molecule has 2 aromatic carbocycles. The Morgan fingerprint density at radius 1 is 1.23 bits per heavy atom. The molecule has 0 aliphatic carbocycles. The number of hydrogen-bond acceptors (Lipinski definition) is 5. The molecule has 8 nitrogen and oxygen atoms in total. The molecule has 2 N–H and O–H groups in total. The summed E-state index contributed by atoms with van der Waals surface area (Å²) < 4.78 is 53.4. The molecule has 0 saturated carbocycles. The van der Waals surface area contributed by atoms with E-state index in [-0.39, 0.29) is 5.56 Å². The van der Waals surface area contributed by atoms with E-state index in [9.17, 15) is 32.1 Å². The van der Waals surface area contributed by atoms with Gasteiger partial charge in [-0.3, -0.25) is 14.9 Å². The van der Waals surface area contributed by atoms with Crippen LogP contribution in [0.5, 0.6) is 0 Å². The van der Waals surface area contributed by atoms with E-state index in [4.69, 9.17) is 5.11 Å². The Kier molecular flexibility index (Phi) is 5.63. The van der Waals surface area contributed by atoms with Gasteiger partial charge in [-0.2, -0.15) is 0 Å². The molecule has 138 valence electrons. The third-order valence-electron chi connectivity index (χ3n) is 3.37. The van der Waals surface area contributed by atoms with E-state index in [0.29, 0.717) is 12.1 Å². The first-order valence-corrected chi connectivity index (χ1v) is 8.52. The highest BCUT2D eigenvalue weighted by Gasteiger charge is 2.30. The van der Waals surface area contributed by atoms with Crippen molar-refractivity contribution in [2.45, 2.75) is 17.4 Å². The van der Waals surface area contributed by atoms with Crippen molar-refractivity contribution in [2.75, 3.05) is 0 Å². The lowest BCUT2D eigenvalue weighted by Crippen LogP contribution is -2.31. The number of aliphatic carboxylic acids is 1. The first-order valence-electron chi connectivity index (χ1n) is 7.04. The number of para-hydroxylation sites is 1. The Balaban J connectivity index is 2.49. The summed E-state index contributed by atoms with van der Waals surface area (Å²) in [7, 11) is -4.62. The summed E-state index contributed by atoms with van der Waals surface area (Å²) in [4.78, 5) is 20.5. The van der Waals surface area contributed by atoms with Crippen LogP contribution in [0, 0.1) is 21.7 Å². The number of sulfonamides is 1. The van der Waals surface area contributed by atoms with Crippen LogP contribution in [0.25, 0.3) is 0 Å². The van der Waals surface area contributed by atoms with Crippen LogP contribution in [-0.2, 0) is 14.8 Å². The molecule has 0 amide bonds. The molecule has 0 aliphatic rings. The zero-order valence-electron chi connectivity index (χ0n) is 12.9. The number of carboxylic acid groups (broad SMARTS) is 1. The summed E-state index contributed by atoms with van der Waals surface area (Å²) >= 11 is 0. The smallest absolute Gasteiger partial charge is 0.305 e. The second-order valence-corrected chi connectivity index (χ2v) is 6.84. The number of nitrogens with one attached hydrogen (secondary N) is 1. The Bertz CT molecular complexity index is 964. The second kappa shape index (κ2) is 7.54. The van der Waals surface area contributed by atoms with E-state index in [1.807, 2.05) is 4.72 Å². The maximum Gasteiger partial charge on any atom is 0.305 e. The number of hydrogen-bond donors (Lipinski definition) is 2. The molecule has 0 unspecified atom stereocenters. The number of carbonyl (C=O) groups is 1. The van der Waals surface area contributed by atoms with E-state index in [2.05, 4.69) is 0 Å². The maximum atomic E-state index is 13.8. The van der Waals surface area contributed by atoms with Crippen LogP contribution in [0.2, 0.25) is 0 Å². The summed E-state index contributed by atoms with van der Waals surface area (Å²) in [6.07, 6.45) is -0.826. The van der Waals surface area contributed by atoms with Gasteiger partial charge in [-0.15, -0.1) is 0 Å². The monoisotopic (exact) mass is 386 g/mol. The normalized spacial score (nSPS) is 12.5. The predicted octanol–water partition coefficient (Wildman–Crippen LogP) is 2.37. The molecule has 11 heteroatoms. The first-order chi connectivity index (χ1) is 12.1. The van der Waals surface area contributed by atoms with Gasteiger partial charge in [0.1, 0.15) is 16.5 Å². The molecular weight excluding hydrogens is 374 g/mol. The SMILES string of the molecule is O=C(O)C[C@H](NS(=O)(=O)c1ccc(F)cc1F)c1ccccc1[N+](=O)[O-]. The van der Waals surface area contributed by atoms with Gasteiger partial charge in [-0.1, -0.05) is 18.2 Å². The molecule has 0 radical (unpaired) electrons. The van der Waals surface area contributed by atoms with Crippen molar-refractivity contribution in [1.82, 2.24) is 4.72 Å². The van der Waals surface area contributed by atoms with Gasteiger partial charge in [0.15, 0.2) is 0 Å². The van der Waals surface area contributed by atoms with Crippen molar-refractivity contribution in [2.24, 2.45) is 0 Å². The summed E-state index contributed by atoms with van der Waals surface area (Å²) in [5.41, 5.74) is -0.702. The summed E-state index contributed by atoms with van der Waals surface area (Å²) in [5, 5.41) is 20.1. The molecule has 2 aromatic rings. The lowest BCUT2D eigenvalue weighted by molar-refractivity contribution is -0.385. The van der Waals surface area contributed by atoms with Crippen molar-refractivity contribution in [3.8, 4) is 0 Å². The molecule has 26 heavy (non-hydrogen) atoms. The van der Waals surface area contributed by atoms with Crippen molar-refractivity contribution < 1.29 is 32.0 Å². The average Bonchev–Trinajstić information content (AvgIpc) is 2.53. The van der Waals surface area contributed by atoms with Gasteiger partial charge in [-0.05, 0) is 12.1 Å². The Morgan fingerprint density at radius 3 is 2.46 bits per heavy atom. The summed E-state index contributed by atoms with van der Waals surface area (Å²) in [6.45, 7) is 0. The summed E-state index contributed by atoms with van der Waals surface area (Å²) in [6, 6.07) is 5.16. The van der Waals surface area contributed by atoms with E-state index < -0.39 is 55.6 Å². The largest absolute Gasteiger partial charge is 0.481 e. The standard InChI is InChI=1S/C15H12F2N2O6S/c16-9-5-6-14(11(17)7-9)26(24,25)18-12(8-15(20)21)10-3-1-2-4-13(10)19(22)23/h1-7,12,18H,8H2,(H,20,21)/t12-/m0/s1. The highest BCUT2D eigenvalue weighted by molar-refractivity contribution is 7.89. The minimum atomic E-state index is -4.62. The van der Waals surface area contributed by atoms with Crippen LogP contribution in [0.1, 0.15) is 18.0 Å². The van der Waals surface area contributed by atoms with E-state index in [0.717, 1.165) is 12.1 Å². The zero-order chi connectivity index (χ0) is 19.5. The fourth-order valence-corrected chi connectivity index (χ4v) is 3.56. The van der Waals surface area contributed by atoms with Crippen LogP contribution >= 0.6 is 0 Å². The Hall–Kier alpha value is -2.92. The number of rotatable bonds is 7. The van der Waals surface area contributed by atoms with Crippen molar-refractivity contribution in [3.63, 3.8) is 0 Å². The van der Waals surface area contributed by atoms with Crippen molar-refractivity contribution in [1.29, 1.82) is 0 Å². The molecule has 0 heterocycles. The summed E-state index contributed by atoms with van der Waals surface area (Å²) in [5.74, 6) is -3.81. The molecule has 0 aromatic heterocycles. The van der Waals surface area contributed by atoms with Crippen LogP contribution in [0.4, 0.5) is 14.5 Å². The molecule has 1 atom stereocenters. The molecule has 0 spiro atoms. The van der Waals surface area contributed by atoms with Gasteiger partial charge in [0.2, 0.25) is 10.0 Å². The van der Waals surface area contributed by atoms with Crippen LogP contribution < -0.4 is 4.72 Å². The number of benzene rings is 2. The number of carboxylic acids is 1. The van der Waals surface area contributed by atoms with Crippen LogP contribution in [0.3, 0.4) is 0 Å². The Morgan fingerprint density at radius 2 is 1.88 bits per heavy atom. The van der Waals surface area contributed by atoms with Gasteiger partial charge >= 0.3 is 5.97 Å². The molecule has 0 aliphatic heterocycles. The molecule has 2 rings (SSSR count). The Labute approximate surface area is 146 Å². The number of nitro benzene ring substituents is 1. The molecule has 0 saturated heterocycles. The highest BCUT2D eigenvalue weighted by atomic mass is 32.2. The van der Waals surface area contributed by atoms with Gasteiger partial charge in [0.05, 0.1) is 17.4 Å². The van der Waals surface area contributed by atoms with Gasteiger partial charge in [0, 0.05) is 17.7 Å². The topological polar surface area (TPSA) is 127 Å². The number of halogens is 2. The third-order valence-corrected chi connectivity index (χ3v) is 4.87. The van der Waals surface area contributed by atoms with Crippen molar-refractivity contribution >= 4 is 21.7 Å². The minimum absolute atomic E-state index is 0.203. The molecule has 0 bridgehead atoms. The molecular formula is C15H12F2N2O6S.